The summed E-state index contributed by atoms with van der Waals surface area (Å²) >= 11 is 0. The Hall–Kier alpha value is -0.570. The molecular formula is C11H18O3. The van der Waals surface area contributed by atoms with Crippen molar-refractivity contribution in [1.82, 2.24) is 0 Å². The zero-order valence-corrected chi connectivity index (χ0v) is 8.61. The molecule has 1 aliphatic carbocycles. The Balaban J connectivity index is 1.95. The van der Waals surface area contributed by atoms with Crippen LogP contribution in [0.25, 0.3) is 0 Å². The second-order valence-corrected chi connectivity index (χ2v) is 4.52. The monoisotopic (exact) mass is 198 g/mol. The van der Waals surface area contributed by atoms with Gasteiger partial charge in [-0.1, -0.05) is 13.3 Å². The Labute approximate surface area is 84.4 Å². The van der Waals surface area contributed by atoms with Gasteiger partial charge >= 0.3 is 5.97 Å². The third-order valence-corrected chi connectivity index (χ3v) is 3.32. The summed E-state index contributed by atoms with van der Waals surface area (Å²) < 4.78 is 5.82. The van der Waals surface area contributed by atoms with Crippen LogP contribution in [0.5, 0.6) is 0 Å². The van der Waals surface area contributed by atoms with Gasteiger partial charge in [0.2, 0.25) is 0 Å². The van der Waals surface area contributed by atoms with Crippen LogP contribution >= 0.6 is 0 Å². The van der Waals surface area contributed by atoms with Crippen molar-refractivity contribution < 1.29 is 14.6 Å². The molecule has 3 heteroatoms. The number of carboxylic acid groups (broad SMARTS) is 1. The second kappa shape index (κ2) is 3.89. The fourth-order valence-electron chi connectivity index (χ4n) is 2.36. The van der Waals surface area contributed by atoms with Crippen LogP contribution in [0.15, 0.2) is 0 Å². The maximum Gasteiger partial charge on any atom is 0.309 e. The van der Waals surface area contributed by atoms with Crippen molar-refractivity contribution in [2.75, 3.05) is 0 Å². The molecule has 0 spiro atoms. The van der Waals surface area contributed by atoms with Crippen LogP contribution in [-0.2, 0) is 9.53 Å². The lowest BCUT2D eigenvalue weighted by molar-refractivity contribution is -0.143. The smallest absolute Gasteiger partial charge is 0.309 e. The first kappa shape index (κ1) is 9.97. The van der Waals surface area contributed by atoms with Gasteiger partial charge in [0.1, 0.15) is 0 Å². The molecule has 1 saturated heterocycles. The highest BCUT2D eigenvalue weighted by molar-refractivity contribution is 5.71. The molecule has 3 nitrogen and oxygen atoms in total. The zero-order valence-electron chi connectivity index (χ0n) is 8.61. The summed E-state index contributed by atoms with van der Waals surface area (Å²) in [5.74, 6) is -0.258. The quantitative estimate of drug-likeness (QED) is 0.752. The number of hydrogen-bond acceptors (Lipinski definition) is 2. The molecule has 0 aromatic carbocycles. The minimum Gasteiger partial charge on any atom is -0.481 e. The molecule has 0 bridgehead atoms. The highest BCUT2D eigenvalue weighted by Crippen LogP contribution is 2.43. The molecule has 0 amide bonds. The summed E-state index contributed by atoms with van der Waals surface area (Å²) in [6.45, 7) is 2.08. The SMILES string of the molecule is CCCC1OC(C2CC2)CC1C(=O)O. The molecule has 0 aromatic heterocycles. The van der Waals surface area contributed by atoms with Crippen LogP contribution < -0.4 is 0 Å². The van der Waals surface area contributed by atoms with Crippen molar-refractivity contribution in [1.29, 1.82) is 0 Å². The van der Waals surface area contributed by atoms with Gasteiger partial charge in [-0.15, -0.1) is 0 Å². The average Bonchev–Trinajstić information content (AvgIpc) is 2.89. The van der Waals surface area contributed by atoms with Crippen molar-refractivity contribution in [2.24, 2.45) is 11.8 Å². The van der Waals surface area contributed by atoms with E-state index in [0.29, 0.717) is 5.92 Å². The van der Waals surface area contributed by atoms with E-state index < -0.39 is 5.97 Å². The van der Waals surface area contributed by atoms with E-state index in [2.05, 4.69) is 6.92 Å². The van der Waals surface area contributed by atoms with Crippen molar-refractivity contribution in [3.63, 3.8) is 0 Å². The average molecular weight is 198 g/mol. The third kappa shape index (κ3) is 1.92. The molecule has 80 valence electrons. The minimum atomic E-state index is -0.674. The third-order valence-electron chi connectivity index (χ3n) is 3.32. The first-order chi connectivity index (χ1) is 6.72. The predicted molar refractivity (Wildman–Crippen MR) is 52.0 cm³/mol. The van der Waals surface area contributed by atoms with Gasteiger partial charge in [0.15, 0.2) is 0 Å². The molecule has 0 aromatic rings. The summed E-state index contributed by atoms with van der Waals surface area (Å²) in [6.07, 6.45) is 5.32. The number of rotatable bonds is 4. The van der Waals surface area contributed by atoms with Gasteiger partial charge in [-0.2, -0.15) is 0 Å². The highest BCUT2D eigenvalue weighted by Gasteiger charge is 2.45. The largest absolute Gasteiger partial charge is 0.481 e. The Morgan fingerprint density at radius 1 is 1.50 bits per heavy atom. The van der Waals surface area contributed by atoms with Gasteiger partial charge in [0, 0.05) is 0 Å². The molecule has 3 unspecified atom stereocenters. The predicted octanol–water partition coefficient (Wildman–Crippen LogP) is 2.05. The lowest BCUT2D eigenvalue weighted by Gasteiger charge is -2.14. The fraction of sp³-hybridized carbons (Fsp3) is 0.909. The topological polar surface area (TPSA) is 46.5 Å². The molecule has 3 atom stereocenters. The molecule has 1 aliphatic heterocycles. The van der Waals surface area contributed by atoms with Crippen molar-refractivity contribution in [3.8, 4) is 0 Å². The molecule has 2 fully saturated rings. The molecule has 14 heavy (non-hydrogen) atoms. The normalized spacial score (nSPS) is 37.4. The van der Waals surface area contributed by atoms with Gasteiger partial charge in [-0.25, -0.2) is 0 Å². The van der Waals surface area contributed by atoms with Crippen molar-refractivity contribution in [3.05, 3.63) is 0 Å². The summed E-state index contributed by atoms with van der Waals surface area (Å²) in [4.78, 5) is 11.0. The Morgan fingerprint density at radius 3 is 2.71 bits per heavy atom. The number of carbonyl (C=O) groups is 1. The molecule has 2 rings (SSSR count). The van der Waals surface area contributed by atoms with Gasteiger partial charge < -0.3 is 9.84 Å². The van der Waals surface area contributed by atoms with Crippen LogP contribution in [0, 0.1) is 11.8 Å². The van der Waals surface area contributed by atoms with Crippen LogP contribution in [0.4, 0.5) is 0 Å². The second-order valence-electron chi connectivity index (χ2n) is 4.52. The highest BCUT2D eigenvalue weighted by atomic mass is 16.5. The van der Waals surface area contributed by atoms with E-state index in [1.807, 2.05) is 0 Å². The fourth-order valence-corrected chi connectivity index (χ4v) is 2.36. The molecule has 0 radical (unpaired) electrons. The summed E-state index contributed by atoms with van der Waals surface area (Å²) in [5.41, 5.74) is 0. The van der Waals surface area contributed by atoms with Gasteiger partial charge in [-0.3, -0.25) is 4.79 Å². The first-order valence-corrected chi connectivity index (χ1v) is 5.60. The summed E-state index contributed by atoms with van der Waals surface area (Å²) in [5, 5.41) is 9.05. The Bertz CT molecular complexity index is 223. The molecule has 2 aliphatic rings. The molecular weight excluding hydrogens is 180 g/mol. The van der Waals surface area contributed by atoms with E-state index in [4.69, 9.17) is 9.84 Å². The summed E-state index contributed by atoms with van der Waals surface area (Å²) in [6, 6.07) is 0. The van der Waals surface area contributed by atoms with E-state index in [1.54, 1.807) is 0 Å². The van der Waals surface area contributed by atoms with Crippen LogP contribution in [0.1, 0.15) is 39.0 Å². The van der Waals surface area contributed by atoms with Crippen molar-refractivity contribution in [2.45, 2.75) is 51.2 Å². The maximum absolute atomic E-state index is 11.0. The van der Waals surface area contributed by atoms with E-state index in [-0.39, 0.29) is 18.1 Å². The van der Waals surface area contributed by atoms with E-state index in [9.17, 15) is 4.79 Å². The number of ether oxygens (including phenoxy) is 1. The van der Waals surface area contributed by atoms with Crippen LogP contribution in [-0.4, -0.2) is 23.3 Å². The van der Waals surface area contributed by atoms with Gasteiger partial charge in [-0.05, 0) is 31.6 Å². The van der Waals surface area contributed by atoms with E-state index in [0.717, 1.165) is 19.3 Å². The maximum atomic E-state index is 11.0. The minimum absolute atomic E-state index is 0.0249. The molecule has 1 heterocycles. The molecule has 1 saturated carbocycles. The number of aliphatic carboxylic acids is 1. The Kier molecular flexibility index (Phi) is 2.77. The van der Waals surface area contributed by atoms with E-state index >= 15 is 0 Å². The van der Waals surface area contributed by atoms with Crippen molar-refractivity contribution >= 4 is 5.97 Å². The molecule has 1 N–H and O–H groups in total. The first-order valence-electron chi connectivity index (χ1n) is 5.60. The standard InChI is InChI=1S/C11H18O3/c1-2-3-9-8(11(12)13)6-10(14-9)7-4-5-7/h7-10H,2-6H2,1H3,(H,12,13). The lowest BCUT2D eigenvalue weighted by atomic mass is 9.95. The van der Waals surface area contributed by atoms with E-state index in [1.165, 1.54) is 12.8 Å². The Morgan fingerprint density at radius 2 is 2.21 bits per heavy atom. The summed E-state index contributed by atoms with van der Waals surface area (Å²) in [7, 11) is 0. The van der Waals surface area contributed by atoms with Gasteiger partial charge in [0.25, 0.3) is 0 Å². The number of hydrogen-bond donors (Lipinski definition) is 1. The van der Waals surface area contributed by atoms with Crippen LogP contribution in [0.2, 0.25) is 0 Å². The number of carboxylic acids is 1. The lowest BCUT2D eigenvalue weighted by Crippen LogP contribution is -2.23. The van der Waals surface area contributed by atoms with Gasteiger partial charge in [0.05, 0.1) is 18.1 Å². The zero-order chi connectivity index (χ0) is 10.1. The van der Waals surface area contributed by atoms with Crippen LogP contribution in [0.3, 0.4) is 0 Å².